The van der Waals surface area contributed by atoms with Crippen LogP contribution in [0.4, 0.5) is 0 Å². The summed E-state index contributed by atoms with van der Waals surface area (Å²) in [7, 11) is 0. The number of hydrogen-bond acceptors (Lipinski definition) is 1. The zero-order chi connectivity index (χ0) is 11.9. The molecule has 2 heteroatoms. The molecule has 16 heavy (non-hydrogen) atoms. The number of carboxylic acids is 1. The van der Waals surface area contributed by atoms with E-state index < -0.39 is 5.97 Å². The van der Waals surface area contributed by atoms with Crippen molar-refractivity contribution in [2.75, 3.05) is 0 Å². The lowest BCUT2D eigenvalue weighted by molar-refractivity contribution is -0.138. The van der Waals surface area contributed by atoms with Gasteiger partial charge < -0.3 is 5.11 Å². The lowest BCUT2D eigenvalue weighted by atomic mass is 9.94. The molecule has 1 aliphatic rings. The minimum absolute atomic E-state index is 0.302. The lowest BCUT2D eigenvalue weighted by Gasteiger charge is -2.11. The molecular formula is C14H18O2. The maximum atomic E-state index is 11.2. The Kier molecular flexibility index (Phi) is 2.75. The van der Waals surface area contributed by atoms with Gasteiger partial charge in [-0.1, -0.05) is 39.0 Å². The molecule has 0 bridgehead atoms. The van der Waals surface area contributed by atoms with Crippen LogP contribution in [0, 0.1) is 0 Å². The second kappa shape index (κ2) is 3.93. The fourth-order valence-electron chi connectivity index (χ4n) is 2.54. The van der Waals surface area contributed by atoms with Gasteiger partial charge in [-0.25, -0.2) is 0 Å². The topological polar surface area (TPSA) is 37.3 Å². The van der Waals surface area contributed by atoms with E-state index in [-0.39, 0.29) is 5.92 Å². The average Bonchev–Trinajstić information content (AvgIpc) is 2.56. The number of fused-ring (bicyclic) bond motifs is 1. The summed E-state index contributed by atoms with van der Waals surface area (Å²) in [6, 6.07) is 6.32. The molecule has 1 N–H and O–H groups in total. The molecule has 0 saturated carbocycles. The van der Waals surface area contributed by atoms with Crippen molar-refractivity contribution in [3.05, 3.63) is 34.9 Å². The van der Waals surface area contributed by atoms with Crippen LogP contribution in [0.2, 0.25) is 0 Å². The van der Waals surface area contributed by atoms with E-state index in [2.05, 4.69) is 39.0 Å². The highest BCUT2D eigenvalue weighted by molar-refractivity contribution is 5.78. The quantitative estimate of drug-likeness (QED) is 0.825. The maximum absolute atomic E-state index is 11.2. The Morgan fingerprint density at radius 3 is 2.62 bits per heavy atom. The second-order valence-electron chi connectivity index (χ2n) is 5.07. The van der Waals surface area contributed by atoms with E-state index in [1.807, 2.05) is 0 Å². The van der Waals surface area contributed by atoms with Crippen LogP contribution in [-0.4, -0.2) is 11.1 Å². The summed E-state index contributed by atoms with van der Waals surface area (Å²) in [6.45, 7) is 6.38. The molecule has 0 fully saturated rings. The SMILES string of the molecule is CC(C)c1ccc2c(c1)C(C(=O)O)CC2C. The van der Waals surface area contributed by atoms with Crippen LogP contribution < -0.4 is 0 Å². The van der Waals surface area contributed by atoms with Crippen molar-refractivity contribution in [2.45, 2.75) is 44.9 Å². The van der Waals surface area contributed by atoms with Crippen molar-refractivity contribution >= 4 is 5.97 Å². The Bertz CT molecular complexity index is 421. The Balaban J connectivity index is 2.47. The van der Waals surface area contributed by atoms with E-state index in [9.17, 15) is 9.90 Å². The van der Waals surface area contributed by atoms with Crippen LogP contribution in [-0.2, 0) is 4.79 Å². The fourth-order valence-corrected chi connectivity index (χ4v) is 2.54. The van der Waals surface area contributed by atoms with E-state index in [0.717, 1.165) is 12.0 Å². The highest BCUT2D eigenvalue weighted by Crippen LogP contribution is 2.42. The van der Waals surface area contributed by atoms with E-state index >= 15 is 0 Å². The van der Waals surface area contributed by atoms with Gasteiger partial charge in [0, 0.05) is 0 Å². The second-order valence-corrected chi connectivity index (χ2v) is 5.07. The number of hydrogen-bond donors (Lipinski definition) is 1. The number of aliphatic carboxylic acids is 1. The molecule has 0 aliphatic heterocycles. The first-order valence-corrected chi connectivity index (χ1v) is 5.87. The van der Waals surface area contributed by atoms with Gasteiger partial charge in [0.1, 0.15) is 0 Å². The Labute approximate surface area is 96.3 Å². The predicted molar refractivity (Wildman–Crippen MR) is 63.9 cm³/mol. The van der Waals surface area contributed by atoms with Crippen LogP contribution in [0.15, 0.2) is 18.2 Å². The third-order valence-electron chi connectivity index (χ3n) is 3.57. The summed E-state index contributed by atoms with van der Waals surface area (Å²) in [5, 5.41) is 9.21. The molecule has 2 nitrogen and oxygen atoms in total. The maximum Gasteiger partial charge on any atom is 0.311 e. The highest BCUT2D eigenvalue weighted by atomic mass is 16.4. The molecule has 0 amide bonds. The monoisotopic (exact) mass is 218 g/mol. The normalized spacial score (nSPS) is 23.5. The van der Waals surface area contributed by atoms with E-state index in [1.165, 1.54) is 11.1 Å². The van der Waals surface area contributed by atoms with Gasteiger partial charge in [-0.05, 0) is 34.9 Å². The summed E-state index contributed by atoms with van der Waals surface area (Å²) in [5.74, 6) is -0.164. The van der Waals surface area contributed by atoms with E-state index in [0.29, 0.717) is 11.8 Å². The molecule has 1 aromatic rings. The Morgan fingerprint density at radius 2 is 2.06 bits per heavy atom. The van der Waals surface area contributed by atoms with E-state index in [4.69, 9.17) is 0 Å². The minimum atomic E-state index is -0.688. The molecule has 2 unspecified atom stereocenters. The Morgan fingerprint density at radius 1 is 1.38 bits per heavy atom. The van der Waals surface area contributed by atoms with Crippen molar-refractivity contribution in [1.82, 2.24) is 0 Å². The van der Waals surface area contributed by atoms with E-state index in [1.54, 1.807) is 0 Å². The third-order valence-corrected chi connectivity index (χ3v) is 3.57. The first-order valence-electron chi connectivity index (χ1n) is 5.87. The van der Waals surface area contributed by atoms with Gasteiger partial charge in [0.05, 0.1) is 5.92 Å². The summed E-state index contributed by atoms with van der Waals surface area (Å²) < 4.78 is 0. The standard InChI is InChI=1S/C14H18O2/c1-8(2)10-4-5-11-9(3)6-13(14(15)16)12(11)7-10/h4-5,7-9,13H,6H2,1-3H3,(H,15,16). The minimum Gasteiger partial charge on any atom is -0.481 e. The molecule has 0 saturated heterocycles. The van der Waals surface area contributed by atoms with Crippen molar-refractivity contribution < 1.29 is 9.90 Å². The first kappa shape index (κ1) is 11.2. The van der Waals surface area contributed by atoms with Crippen LogP contribution >= 0.6 is 0 Å². The van der Waals surface area contributed by atoms with Gasteiger partial charge in [0.25, 0.3) is 0 Å². The highest BCUT2D eigenvalue weighted by Gasteiger charge is 2.33. The molecule has 0 spiro atoms. The van der Waals surface area contributed by atoms with Crippen molar-refractivity contribution in [1.29, 1.82) is 0 Å². The lowest BCUT2D eigenvalue weighted by Crippen LogP contribution is -2.08. The van der Waals surface area contributed by atoms with Crippen molar-refractivity contribution in [3.63, 3.8) is 0 Å². The van der Waals surface area contributed by atoms with Crippen LogP contribution in [0.25, 0.3) is 0 Å². The summed E-state index contributed by atoms with van der Waals surface area (Å²) in [5.41, 5.74) is 3.49. The summed E-state index contributed by atoms with van der Waals surface area (Å²) >= 11 is 0. The molecule has 2 rings (SSSR count). The van der Waals surface area contributed by atoms with Gasteiger partial charge >= 0.3 is 5.97 Å². The van der Waals surface area contributed by atoms with Crippen molar-refractivity contribution in [3.8, 4) is 0 Å². The molecule has 1 aliphatic carbocycles. The van der Waals surface area contributed by atoms with Crippen LogP contribution in [0.3, 0.4) is 0 Å². The largest absolute Gasteiger partial charge is 0.481 e. The molecule has 86 valence electrons. The number of carboxylic acid groups (broad SMARTS) is 1. The van der Waals surface area contributed by atoms with Gasteiger partial charge in [-0.2, -0.15) is 0 Å². The number of benzene rings is 1. The molecule has 0 aromatic heterocycles. The zero-order valence-corrected chi connectivity index (χ0v) is 10.0. The summed E-state index contributed by atoms with van der Waals surface area (Å²) in [6.07, 6.45) is 0.742. The van der Waals surface area contributed by atoms with Gasteiger partial charge in [0.15, 0.2) is 0 Å². The summed E-state index contributed by atoms with van der Waals surface area (Å²) in [4.78, 5) is 11.2. The van der Waals surface area contributed by atoms with Gasteiger partial charge in [-0.15, -0.1) is 0 Å². The molecule has 2 atom stereocenters. The number of carbonyl (C=O) groups is 1. The van der Waals surface area contributed by atoms with Crippen LogP contribution in [0.5, 0.6) is 0 Å². The predicted octanol–water partition coefficient (Wildman–Crippen LogP) is 3.49. The van der Waals surface area contributed by atoms with Crippen LogP contribution in [0.1, 0.15) is 61.6 Å². The molecule has 0 heterocycles. The number of rotatable bonds is 2. The molecular weight excluding hydrogens is 200 g/mol. The fraction of sp³-hybridized carbons (Fsp3) is 0.500. The first-order chi connectivity index (χ1) is 7.50. The van der Waals surface area contributed by atoms with Gasteiger partial charge in [0.2, 0.25) is 0 Å². The van der Waals surface area contributed by atoms with Gasteiger partial charge in [-0.3, -0.25) is 4.79 Å². The Hall–Kier alpha value is -1.31. The average molecular weight is 218 g/mol. The molecule has 0 radical (unpaired) electrons. The molecule has 1 aromatic carbocycles. The smallest absolute Gasteiger partial charge is 0.311 e. The zero-order valence-electron chi connectivity index (χ0n) is 10.0. The third kappa shape index (κ3) is 1.73. The van der Waals surface area contributed by atoms with Crippen molar-refractivity contribution in [2.24, 2.45) is 0 Å².